The Morgan fingerprint density at radius 2 is 0.948 bits per heavy atom. The van der Waals surface area contributed by atoms with Crippen LogP contribution in [0.3, 0.4) is 0 Å². The molecule has 18 heteroatoms. The highest BCUT2D eigenvalue weighted by molar-refractivity contribution is 9.11. The van der Waals surface area contributed by atoms with Gasteiger partial charge in [-0.3, -0.25) is 0 Å². The molecular formula is C40H32Br4O14. The average Bonchev–Trinajstić information content (AvgIpc) is 3.67. The van der Waals surface area contributed by atoms with E-state index in [1.807, 2.05) is 0 Å². The second kappa shape index (κ2) is 18.8. The Labute approximate surface area is 364 Å². The van der Waals surface area contributed by atoms with Crippen molar-refractivity contribution < 1.29 is 67.3 Å². The maximum absolute atomic E-state index is 14.0. The minimum atomic E-state index is -1.74. The molecule has 14 nitrogen and oxygen atoms in total. The Hall–Kier alpha value is -3.56. The van der Waals surface area contributed by atoms with E-state index in [2.05, 4.69) is 63.7 Å². The molecule has 10 atom stereocenters. The first-order chi connectivity index (χ1) is 27.8. The van der Waals surface area contributed by atoms with Gasteiger partial charge in [-0.2, -0.15) is 0 Å². The van der Waals surface area contributed by atoms with Gasteiger partial charge in [-0.15, -0.1) is 0 Å². The maximum atomic E-state index is 14.0. The van der Waals surface area contributed by atoms with E-state index >= 15 is 0 Å². The smallest absolute Gasteiger partial charge is 0.338 e. The third-order valence-corrected chi connectivity index (χ3v) is 11.5. The fourth-order valence-electron chi connectivity index (χ4n) is 6.37. The summed E-state index contributed by atoms with van der Waals surface area (Å²) in [5, 5.41) is 21.9. The molecule has 0 spiro atoms. The van der Waals surface area contributed by atoms with E-state index in [0.29, 0.717) is 13.4 Å². The Kier molecular flexibility index (Phi) is 13.8. The van der Waals surface area contributed by atoms with Gasteiger partial charge in [0.05, 0.1) is 28.9 Å². The SMILES string of the molecule is O=C(OC[C@H]1O[C@@H](O[C@@H]2[C@@H](O)[C@H](O)[C@@H]3OC[C@H]2O3)[C@H](OC(=O)c2ccc(Br)cc2)[C@@H](OC(=O)c2ccc(Br)cc2)[C@@H]1OC(=O)c1ccc(Br)cc1)c1ccc(Br)cc1. The number of hydrogen-bond acceptors (Lipinski definition) is 14. The molecule has 3 heterocycles. The van der Waals surface area contributed by atoms with Crippen LogP contribution in [0.5, 0.6) is 0 Å². The third-order valence-electron chi connectivity index (χ3n) is 9.38. The van der Waals surface area contributed by atoms with Crippen molar-refractivity contribution in [1.82, 2.24) is 0 Å². The molecule has 0 unspecified atom stereocenters. The largest absolute Gasteiger partial charge is 0.459 e. The van der Waals surface area contributed by atoms with E-state index in [4.69, 9.17) is 37.9 Å². The standard InChI is InChI=1S/C40H32Br4O14/c41-23-9-1-19(2-10-23)35(47)51-17-28-32(55-36(48)20-3-11-24(42)12-4-20)33(56-37(49)21-5-13-25(43)14-6-21)34(57-38(50)22-7-15-26(44)16-8-22)40(54-28)58-31-27-18-52-39(53-27)30(46)29(31)45/h1-16,27-34,39-40,45-46H,17-18H2/t27-,28-,29+,30+,31+,32-,33+,34-,39-,40+/m1/s1. The van der Waals surface area contributed by atoms with Crippen LogP contribution in [0, 0.1) is 0 Å². The van der Waals surface area contributed by atoms with Crippen LogP contribution >= 0.6 is 63.7 Å². The molecule has 3 fully saturated rings. The van der Waals surface area contributed by atoms with Crippen molar-refractivity contribution in [3.8, 4) is 0 Å². The number of esters is 4. The van der Waals surface area contributed by atoms with Gasteiger partial charge in [-0.05, 0) is 97.1 Å². The summed E-state index contributed by atoms with van der Waals surface area (Å²) in [5.74, 6) is -3.49. The summed E-state index contributed by atoms with van der Waals surface area (Å²) < 4.78 is 50.6. The van der Waals surface area contributed by atoms with Gasteiger partial charge in [0.25, 0.3) is 0 Å². The average molecular weight is 1060 g/mol. The number of hydrogen-bond donors (Lipinski definition) is 2. The zero-order valence-corrected chi connectivity index (χ0v) is 36.1. The van der Waals surface area contributed by atoms with Gasteiger partial charge >= 0.3 is 23.9 Å². The fraction of sp³-hybridized carbons (Fsp3) is 0.300. The molecule has 0 radical (unpaired) electrons. The lowest BCUT2D eigenvalue weighted by Gasteiger charge is -2.46. The van der Waals surface area contributed by atoms with Crippen LogP contribution in [0.1, 0.15) is 41.4 Å². The lowest BCUT2D eigenvalue weighted by Crippen LogP contribution is -2.65. The van der Waals surface area contributed by atoms with Gasteiger partial charge < -0.3 is 48.1 Å². The van der Waals surface area contributed by atoms with E-state index < -0.39 is 91.9 Å². The number of aliphatic hydroxyl groups excluding tert-OH is 2. The molecule has 0 aliphatic carbocycles. The predicted molar refractivity (Wildman–Crippen MR) is 215 cm³/mol. The van der Waals surface area contributed by atoms with E-state index in [1.165, 1.54) is 48.5 Å². The zero-order chi connectivity index (χ0) is 41.1. The fourth-order valence-corrected chi connectivity index (χ4v) is 7.43. The summed E-state index contributed by atoms with van der Waals surface area (Å²) >= 11 is 13.4. The van der Waals surface area contributed by atoms with Crippen molar-refractivity contribution in [3.63, 3.8) is 0 Å². The van der Waals surface area contributed by atoms with Crippen molar-refractivity contribution in [2.45, 2.75) is 61.4 Å². The van der Waals surface area contributed by atoms with Crippen LogP contribution in [0.2, 0.25) is 0 Å². The quantitative estimate of drug-likeness (QED) is 0.129. The molecule has 7 rings (SSSR count). The molecule has 58 heavy (non-hydrogen) atoms. The first kappa shape index (κ1) is 42.6. The summed E-state index contributed by atoms with van der Waals surface area (Å²) in [6, 6.07) is 24.9. The normalized spacial score (nSPS) is 27.6. The molecule has 2 N–H and O–H groups in total. The van der Waals surface area contributed by atoms with E-state index in [9.17, 15) is 29.4 Å². The van der Waals surface area contributed by atoms with Crippen LogP contribution in [0.15, 0.2) is 115 Å². The number of rotatable bonds is 11. The topological polar surface area (TPSA) is 183 Å². The number of ether oxygens (including phenoxy) is 8. The lowest BCUT2D eigenvalue weighted by molar-refractivity contribution is -0.335. The van der Waals surface area contributed by atoms with Crippen LogP contribution in [-0.2, 0) is 37.9 Å². The number of benzene rings is 4. The molecule has 4 aromatic carbocycles. The number of carbonyl (C=O) groups is 4. The molecule has 3 saturated heterocycles. The summed E-state index contributed by atoms with van der Waals surface area (Å²) in [4.78, 5) is 55.0. The molecule has 0 aromatic heterocycles. The van der Waals surface area contributed by atoms with Gasteiger partial charge in [-0.25, -0.2) is 19.2 Å². The summed E-state index contributed by atoms with van der Waals surface area (Å²) in [6.45, 7) is -0.684. The molecule has 3 aliphatic heterocycles. The Morgan fingerprint density at radius 3 is 1.41 bits per heavy atom. The second-order valence-electron chi connectivity index (χ2n) is 13.2. The van der Waals surface area contributed by atoms with Crippen molar-refractivity contribution in [3.05, 3.63) is 137 Å². The number of carbonyl (C=O) groups excluding carboxylic acids is 4. The highest BCUT2D eigenvalue weighted by Gasteiger charge is 2.57. The molecule has 4 aromatic rings. The van der Waals surface area contributed by atoms with Gasteiger partial charge in [0.1, 0.15) is 37.1 Å². The minimum absolute atomic E-state index is 0.0784. The molecule has 3 aliphatic rings. The number of aliphatic hydroxyl groups is 2. The summed E-state index contributed by atoms with van der Waals surface area (Å²) in [6.07, 6.45) is -14.8. The minimum Gasteiger partial charge on any atom is -0.459 e. The highest BCUT2D eigenvalue weighted by Crippen LogP contribution is 2.36. The first-order valence-electron chi connectivity index (χ1n) is 17.6. The molecule has 304 valence electrons. The Morgan fingerprint density at radius 1 is 0.534 bits per heavy atom. The van der Waals surface area contributed by atoms with Gasteiger partial charge in [-0.1, -0.05) is 63.7 Å². The van der Waals surface area contributed by atoms with E-state index in [-0.39, 0.29) is 28.9 Å². The number of fused-ring (bicyclic) bond motifs is 2. The van der Waals surface area contributed by atoms with Gasteiger partial charge in [0, 0.05) is 17.9 Å². The predicted octanol–water partition coefficient (Wildman–Crippen LogP) is 6.16. The molecule has 2 bridgehead atoms. The number of halogens is 4. The van der Waals surface area contributed by atoms with Crippen molar-refractivity contribution in [1.29, 1.82) is 0 Å². The maximum Gasteiger partial charge on any atom is 0.338 e. The van der Waals surface area contributed by atoms with Gasteiger partial charge in [0.2, 0.25) is 0 Å². The molecule has 0 saturated carbocycles. The monoisotopic (exact) mass is 1050 g/mol. The van der Waals surface area contributed by atoms with E-state index in [0.717, 1.165) is 4.47 Å². The summed E-state index contributed by atoms with van der Waals surface area (Å²) in [7, 11) is 0. The molecular weight excluding hydrogens is 1020 g/mol. The Bertz CT molecular complexity index is 2100. The van der Waals surface area contributed by atoms with Crippen LogP contribution in [-0.4, -0.2) is 109 Å². The van der Waals surface area contributed by atoms with Gasteiger partial charge in [0.15, 0.2) is 30.9 Å². The Balaban J connectivity index is 1.30. The van der Waals surface area contributed by atoms with Crippen LogP contribution < -0.4 is 0 Å². The second-order valence-corrected chi connectivity index (χ2v) is 16.9. The van der Waals surface area contributed by atoms with E-state index in [1.54, 1.807) is 48.5 Å². The van der Waals surface area contributed by atoms with Crippen molar-refractivity contribution in [2.75, 3.05) is 13.2 Å². The first-order valence-corrected chi connectivity index (χ1v) is 20.8. The third kappa shape index (κ3) is 9.89. The van der Waals surface area contributed by atoms with Crippen LogP contribution in [0.4, 0.5) is 0 Å². The van der Waals surface area contributed by atoms with Crippen molar-refractivity contribution >= 4 is 87.6 Å². The highest BCUT2D eigenvalue weighted by atomic mass is 79.9. The summed E-state index contributed by atoms with van der Waals surface area (Å²) in [5.41, 5.74) is 0.440. The van der Waals surface area contributed by atoms with Crippen LogP contribution in [0.25, 0.3) is 0 Å². The molecule has 0 amide bonds. The van der Waals surface area contributed by atoms with Crippen molar-refractivity contribution in [2.24, 2.45) is 0 Å². The zero-order valence-electron chi connectivity index (χ0n) is 29.7. The lowest BCUT2D eigenvalue weighted by atomic mass is 9.96.